The highest BCUT2D eigenvalue weighted by Crippen LogP contribution is 2.35. The minimum atomic E-state index is -0.641. The number of aromatic amines is 1. The van der Waals surface area contributed by atoms with Crippen LogP contribution in [0.1, 0.15) is 88.9 Å². The average Bonchev–Trinajstić information content (AvgIpc) is 3.95. The Balaban J connectivity index is 1.06. The van der Waals surface area contributed by atoms with Crippen LogP contribution in [0, 0.1) is 17.8 Å². The number of aliphatic imine (C=N–C) groups is 1. The number of imidazole rings is 1. The van der Waals surface area contributed by atoms with Crippen molar-refractivity contribution in [3.05, 3.63) is 77.3 Å². The van der Waals surface area contributed by atoms with E-state index in [1.165, 1.54) is 18.2 Å². The number of amides is 3. The standard InChI is InChI=1S/C41H52N6O4/c1-25(2)27(5)39(48)47-21-9-13-36(47)38-42-24-34(44-38)30-17-14-28(15-18-30)10-7-11-29-16-19-31-23-33(43-32(31)22-29)35-12-8-20-46(35)40(49)37(26(3)4)45-41(50)51-6/h7,11,14-19,22,24-27,35-37H,8-10,12-13,20-21,23H2,1-6H3,(H,42,44)(H,45,50)/t27-,35-,36?,37-/m0/s1. The van der Waals surface area contributed by atoms with E-state index in [1.807, 2.05) is 36.8 Å². The Bertz CT molecular complexity index is 1790. The number of alkyl carbamates (subject to hydrolysis) is 1. The van der Waals surface area contributed by atoms with Gasteiger partial charge in [0.1, 0.15) is 11.9 Å². The van der Waals surface area contributed by atoms with Gasteiger partial charge in [-0.05, 0) is 72.3 Å². The lowest BCUT2D eigenvalue weighted by molar-refractivity contribution is -0.137. The molecule has 3 aromatic rings. The van der Waals surface area contributed by atoms with E-state index in [4.69, 9.17) is 14.7 Å². The number of allylic oxidation sites excluding steroid dienone is 1. The second-order valence-electron chi connectivity index (χ2n) is 14.9. The number of hydrogen-bond donors (Lipinski definition) is 2. The molecular weight excluding hydrogens is 640 g/mol. The first kappa shape index (κ1) is 36.1. The van der Waals surface area contributed by atoms with Crippen molar-refractivity contribution >= 4 is 35.4 Å². The molecule has 2 fully saturated rings. The van der Waals surface area contributed by atoms with E-state index in [0.29, 0.717) is 12.5 Å². The molecule has 3 aliphatic rings. The second kappa shape index (κ2) is 15.7. The van der Waals surface area contributed by atoms with Crippen molar-refractivity contribution in [2.45, 2.75) is 91.3 Å². The first-order valence-corrected chi connectivity index (χ1v) is 18.5. The summed E-state index contributed by atoms with van der Waals surface area (Å²) in [6, 6.07) is 14.2. The SMILES string of the molecule is COC(=O)N[C@H](C(=O)N1CCC[C@H]1C1=Nc2cc(C=CCc3ccc(-c4cnc(C5CCCN5C(=O)[C@@H](C)C(C)C)[nH]4)cc3)ccc2C1)C(C)C. The van der Waals surface area contributed by atoms with Crippen LogP contribution < -0.4 is 5.32 Å². The van der Waals surface area contributed by atoms with Crippen molar-refractivity contribution in [1.29, 1.82) is 0 Å². The van der Waals surface area contributed by atoms with Gasteiger partial charge < -0.3 is 24.8 Å². The number of methoxy groups -OCH3 is 1. The summed E-state index contributed by atoms with van der Waals surface area (Å²) in [5.41, 5.74) is 7.47. The summed E-state index contributed by atoms with van der Waals surface area (Å²) in [4.78, 5) is 55.7. The molecule has 10 heteroatoms. The van der Waals surface area contributed by atoms with E-state index < -0.39 is 12.1 Å². The van der Waals surface area contributed by atoms with Crippen LogP contribution in [-0.2, 0) is 27.2 Å². The number of aromatic nitrogens is 2. The van der Waals surface area contributed by atoms with Gasteiger partial charge in [-0.25, -0.2) is 9.78 Å². The Labute approximate surface area is 301 Å². The number of nitrogens with one attached hydrogen (secondary N) is 2. The van der Waals surface area contributed by atoms with Gasteiger partial charge >= 0.3 is 6.09 Å². The maximum Gasteiger partial charge on any atom is 0.407 e. The quantitative estimate of drug-likeness (QED) is 0.219. The summed E-state index contributed by atoms with van der Waals surface area (Å²) in [5.74, 6) is 1.25. The number of likely N-dealkylation sites (tertiary alicyclic amines) is 2. The Morgan fingerprint density at radius 3 is 2.33 bits per heavy atom. The molecule has 4 heterocycles. The Morgan fingerprint density at radius 2 is 1.65 bits per heavy atom. The number of ether oxygens (including phenoxy) is 1. The fourth-order valence-electron chi connectivity index (χ4n) is 7.44. The molecule has 2 aromatic carbocycles. The van der Waals surface area contributed by atoms with Gasteiger partial charge in [0.05, 0.1) is 36.8 Å². The number of nitrogens with zero attached hydrogens (tertiary/aromatic N) is 4. The third kappa shape index (κ3) is 7.95. The molecule has 3 aliphatic heterocycles. The Kier molecular flexibility index (Phi) is 11.1. The normalized spacial score (nSPS) is 19.9. The summed E-state index contributed by atoms with van der Waals surface area (Å²) in [6.45, 7) is 11.5. The molecule has 1 unspecified atom stereocenters. The van der Waals surface area contributed by atoms with Crippen LogP contribution >= 0.6 is 0 Å². The van der Waals surface area contributed by atoms with Crippen molar-refractivity contribution in [3.8, 4) is 11.3 Å². The molecule has 6 rings (SSSR count). The van der Waals surface area contributed by atoms with Gasteiger partial charge in [-0.3, -0.25) is 14.6 Å². The van der Waals surface area contributed by atoms with Gasteiger partial charge in [-0.15, -0.1) is 0 Å². The van der Waals surface area contributed by atoms with Crippen LogP contribution in [0.25, 0.3) is 17.3 Å². The minimum Gasteiger partial charge on any atom is -0.453 e. The number of carbonyl (C=O) groups is 3. The van der Waals surface area contributed by atoms with Gasteiger partial charge in [0.15, 0.2) is 0 Å². The van der Waals surface area contributed by atoms with Crippen LogP contribution in [0.4, 0.5) is 10.5 Å². The topological polar surface area (TPSA) is 120 Å². The molecule has 3 amide bonds. The lowest BCUT2D eigenvalue weighted by Gasteiger charge is -2.30. The number of carbonyl (C=O) groups excluding carboxylic acids is 3. The summed E-state index contributed by atoms with van der Waals surface area (Å²) < 4.78 is 4.77. The highest BCUT2D eigenvalue weighted by Gasteiger charge is 2.39. The molecule has 0 spiro atoms. The van der Waals surface area contributed by atoms with Crippen molar-refractivity contribution in [3.63, 3.8) is 0 Å². The fraction of sp³-hybridized carbons (Fsp3) is 0.488. The average molecular weight is 693 g/mol. The van der Waals surface area contributed by atoms with E-state index in [9.17, 15) is 14.4 Å². The van der Waals surface area contributed by atoms with E-state index in [0.717, 1.165) is 79.1 Å². The van der Waals surface area contributed by atoms with Gasteiger partial charge in [0.2, 0.25) is 11.8 Å². The zero-order chi connectivity index (χ0) is 36.2. The number of benzene rings is 2. The number of fused-ring (bicyclic) bond motifs is 1. The smallest absolute Gasteiger partial charge is 0.407 e. The summed E-state index contributed by atoms with van der Waals surface area (Å²) in [7, 11) is 1.31. The summed E-state index contributed by atoms with van der Waals surface area (Å²) >= 11 is 0. The first-order chi connectivity index (χ1) is 24.5. The monoisotopic (exact) mass is 692 g/mol. The van der Waals surface area contributed by atoms with Gasteiger partial charge in [0.25, 0.3) is 0 Å². The molecule has 10 nitrogen and oxygen atoms in total. The van der Waals surface area contributed by atoms with Crippen LogP contribution in [0.2, 0.25) is 0 Å². The maximum atomic E-state index is 13.6. The van der Waals surface area contributed by atoms with Gasteiger partial charge in [-0.1, -0.05) is 83.2 Å². The van der Waals surface area contributed by atoms with Crippen molar-refractivity contribution in [1.82, 2.24) is 25.1 Å². The Morgan fingerprint density at radius 1 is 0.941 bits per heavy atom. The molecular formula is C41H52N6O4. The van der Waals surface area contributed by atoms with E-state index in [2.05, 4.69) is 78.8 Å². The number of hydrogen-bond acceptors (Lipinski definition) is 6. The van der Waals surface area contributed by atoms with Gasteiger partial charge in [-0.2, -0.15) is 0 Å². The first-order valence-electron chi connectivity index (χ1n) is 18.5. The van der Waals surface area contributed by atoms with Crippen LogP contribution in [0.5, 0.6) is 0 Å². The Hall–Kier alpha value is -4.73. The summed E-state index contributed by atoms with van der Waals surface area (Å²) in [5, 5.41) is 2.73. The minimum absolute atomic E-state index is 0.000144. The van der Waals surface area contributed by atoms with Crippen molar-refractivity contribution in [2.24, 2.45) is 22.7 Å². The van der Waals surface area contributed by atoms with E-state index in [1.54, 1.807) is 0 Å². The number of H-pyrrole nitrogens is 1. The molecule has 2 saturated heterocycles. The second-order valence-corrected chi connectivity index (χ2v) is 14.9. The van der Waals surface area contributed by atoms with Crippen molar-refractivity contribution < 1.29 is 19.1 Å². The summed E-state index contributed by atoms with van der Waals surface area (Å²) in [6.07, 6.45) is 10.8. The molecule has 0 radical (unpaired) electrons. The van der Waals surface area contributed by atoms with Crippen LogP contribution in [-0.4, -0.2) is 75.7 Å². The van der Waals surface area contributed by atoms with E-state index >= 15 is 0 Å². The predicted molar refractivity (Wildman–Crippen MR) is 201 cm³/mol. The zero-order valence-corrected chi connectivity index (χ0v) is 30.8. The lowest BCUT2D eigenvalue weighted by Crippen LogP contribution is -2.53. The third-order valence-electron chi connectivity index (χ3n) is 10.8. The molecule has 1 aromatic heterocycles. The maximum absolute atomic E-state index is 13.6. The van der Waals surface area contributed by atoms with Gasteiger partial charge in [0, 0.05) is 31.1 Å². The zero-order valence-electron chi connectivity index (χ0n) is 30.8. The molecule has 4 atom stereocenters. The number of rotatable bonds is 11. The molecule has 0 saturated carbocycles. The molecule has 0 aliphatic carbocycles. The molecule has 0 bridgehead atoms. The predicted octanol–water partition coefficient (Wildman–Crippen LogP) is 7.29. The largest absolute Gasteiger partial charge is 0.453 e. The fourth-order valence-corrected chi connectivity index (χ4v) is 7.44. The van der Waals surface area contributed by atoms with E-state index in [-0.39, 0.29) is 35.7 Å². The van der Waals surface area contributed by atoms with Crippen molar-refractivity contribution in [2.75, 3.05) is 20.2 Å². The molecule has 270 valence electrons. The van der Waals surface area contributed by atoms with Crippen LogP contribution in [0.15, 0.2) is 59.7 Å². The third-order valence-corrected chi connectivity index (χ3v) is 10.8. The highest BCUT2D eigenvalue weighted by atomic mass is 16.5. The highest BCUT2D eigenvalue weighted by molar-refractivity contribution is 6.01. The lowest BCUT2D eigenvalue weighted by atomic mass is 9.96. The molecule has 51 heavy (non-hydrogen) atoms. The van der Waals surface area contributed by atoms with Crippen LogP contribution in [0.3, 0.4) is 0 Å². The molecule has 2 N–H and O–H groups in total.